The van der Waals surface area contributed by atoms with Crippen LogP contribution in [0.1, 0.15) is 25.8 Å². The van der Waals surface area contributed by atoms with Crippen LogP contribution in [0.15, 0.2) is 24.3 Å². The molecule has 1 fully saturated rings. The van der Waals surface area contributed by atoms with E-state index in [1.165, 1.54) is 12.1 Å². The highest BCUT2D eigenvalue weighted by molar-refractivity contribution is 5.28. The second kappa shape index (κ2) is 5.26. The molecular weight excluding hydrogens is 269 g/mol. The van der Waals surface area contributed by atoms with Crippen molar-refractivity contribution in [3.8, 4) is 5.75 Å². The maximum Gasteiger partial charge on any atom is 0.573 e. The first kappa shape index (κ1) is 15.1. The van der Waals surface area contributed by atoms with Gasteiger partial charge in [0.15, 0.2) is 0 Å². The van der Waals surface area contributed by atoms with Gasteiger partial charge in [-0.15, -0.1) is 13.2 Å². The van der Waals surface area contributed by atoms with E-state index < -0.39 is 6.36 Å². The quantitative estimate of drug-likeness (QED) is 0.647. The molecule has 112 valence electrons. The minimum Gasteiger partial charge on any atom is -0.406 e. The molecule has 3 N–H and O–H groups in total. The van der Waals surface area contributed by atoms with Gasteiger partial charge in [-0.2, -0.15) is 0 Å². The third kappa shape index (κ3) is 3.86. The van der Waals surface area contributed by atoms with Crippen molar-refractivity contribution in [1.29, 1.82) is 0 Å². The number of benzene rings is 1. The molecule has 1 aliphatic carbocycles. The number of alkyl halides is 3. The van der Waals surface area contributed by atoms with Crippen molar-refractivity contribution in [3.63, 3.8) is 0 Å². The average Bonchev–Trinajstić information content (AvgIpc) is 2.95. The molecule has 0 aromatic heterocycles. The molecule has 0 bridgehead atoms. The maximum atomic E-state index is 12.1. The molecule has 0 amide bonds. The number of hydrazine groups is 1. The van der Waals surface area contributed by atoms with Crippen molar-refractivity contribution >= 4 is 0 Å². The first-order chi connectivity index (χ1) is 9.21. The Kier molecular flexibility index (Phi) is 3.97. The smallest absolute Gasteiger partial charge is 0.406 e. The third-order valence-corrected chi connectivity index (χ3v) is 3.90. The fraction of sp³-hybridized carbons (Fsp3) is 0.571. The minimum absolute atomic E-state index is 0.138. The Balaban J connectivity index is 1.96. The number of halogens is 3. The zero-order chi connectivity index (χ0) is 15.0. The van der Waals surface area contributed by atoms with Crippen molar-refractivity contribution in [2.45, 2.75) is 39.1 Å². The van der Waals surface area contributed by atoms with Crippen LogP contribution in [0.5, 0.6) is 5.75 Å². The van der Waals surface area contributed by atoms with Crippen LogP contribution in [-0.4, -0.2) is 12.4 Å². The van der Waals surface area contributed by atoms with Gasteiger partial charge in [0.2, 0.25) is 0 Å². The second-order valence-electron chi connectivity index (χ2n) is 5.97. The molecule has 2 unspecified atom stereocenters. The second-order valence-corrected chi connectivity index (χ2v) is 5.97. The van der Waals surface area contributed by atoms with E-state index in [4.69, 9.17) is 5.84 Å². The summed E-state index contributed by atoms with van der Waals surface area (Å²) in [7, 11) is 0. The van der Waals surface area contributed by atoms with E-state index in [0.717, 1.165) is 12.0 Å². The summed E-state index contributed by atoms with van der Waals surface area (Å²) in [6.45, 7) is 4.37. The molecular formula is C14H19F3N2O. The van der Waals surface area contributed by atoms with E-state index in [2.05, 4.69) is 24.0 Å². The van der Waals surface area contributed by atoms with Gasteiger partial charge < -0.3 is 4.74 Å². The van der Waals surface area contributed by atoms with Gasteiger partial charge in [-0.25, -0.2) is 0 Å². The predicted octanol–water partition coefficient (Wildman–Crippen LogP) is 3.01. The Labute approximate surface area is 116 Å². The van der Waals surface area contributed by atoms with Crippen LogP contribution in [0.25, 0.3) is 0 Å². The fourth-order valence-electron chi connectivity index (χ4n) is 2.59. The van der Waals surface area contributed by atoms with Crippen molar-refractivity contribution in [2.24, 2.45) is 17.2 Å². The van der Waals surface area contributed by atoms with Gasteiger partial charge in [-0.1, -0.05) is 26.0 Å². The van der Waals surface area contributed by atoms with Gasteiger partial charge in [0.05, 0.1) is 0 Å². The van der Waals surface area contributed by atoms with Crippen molar-refractivity contribution in [2.75, 3.05) is 0 Å². The molecule has 1 aromatic carbocycles. The lowest BCUT2D eigenvalue weighted by molar-refractivity contribution is -0.274. The van der Waals surface area contributed by atoms with Gasteiger partial charge >= 0.3 is 6.36 Å². The largest absolute Gasteiger partial charge is 0.573 e. The zero-order valence-electron chi connectivity index (χ0n) is 11.5. The summed E-state index contributed by atoms with van der Waals surface area (Å²) >= 11 is 0. The first-order valence-corrected chi connectivity index (χ1v) is 6.52. The summed E-state index contributed by atoms with van der Waals surface area (Å²) in [5, 5.41) is 0. The maximum absolute atomic E-state index is 12.1. The standard InChI is InChI=1S/C14H19F3N2O/c1-13(2)8-11(13)12(19-18)7-9-3-5-10(6-4-9)20-14(15,16)17/h3-6,11-12,19H,7-8,18H2,1-2H3. The molecule has 0 heterocycles. The first-order valence-electron chi connectivity index (χ1n) is 6.52. The summed E-state index contributed by atoms with van der Waals surface area (Å²) in [6.07, 6.45) is -2.85. The van der Waals surface area contributed by atoms with E-state index >= 15 is 0 Å². The Morgan fingerprint density at radius 1 is 1.35 bits per heavy atom. The van der Waals surface area contributed by atoms with Crippen molar-refractivity contribution in [1.82, 2.24) is 5.43 Å². The molecule has 20 heavy (non-hydrogen) atoms. The fourth-order valence-corrected chi connectivity index (χ4v) is 2.59. The van der Waals surface area contributed by atoms with E-state index in [1.807, 2.05) is 0 Å². The number of rotatable bonds is 5. The molecule has 2 rings (SSSR count). The third-order valence-electron chi connectivity index (χ3n) is 3.90. The van der Waals surface area contributed by atoms with Crippen LogP contribution in [0.4, 0.5) is 13.2 Å². The monoisotopic (exact) mass is 288 g/mol. The lowest BCUT2D eigenvalue weighted by Crippen LogP contribution is -2.39. The van der Waals surface area contributed by atoms with Crippen LogP contribution < -0.4 is 16.0 Å². The number of nitrogens with one attached hydrogen (secondary N) is 1. The molecule has 0 radical (unpaired) electrons. The summed E-state index contributed by atoms with van der Waals surface area (Å²) in [5.74, 6) is 5.87. The van der Waals surface area contributed by atoms with Crippen molar-refractivity contribution in [3.05, 3.63) is 29.8 Å². The van der Waals surface area contributed by atoms with Crippen LogP contribution in [0, 0.1) is 11.3 Å². The van der Waals surface area contributed by atoms with Crippen molar-refractivity contribution < 1.29 is 17.9 Å². The Morgan fingerprint density at radius 3 is 2.30 bits per heavy atom. The lowest BCUT2D eigenvalue weighted by atomic mass is 9.98. The van der Waals surface area contributed by atoms with E-state index in [0.29, 0.717) is 12.3 Å². The summed E-state index contributed by atoms with van der Waals surface area (Å²) in [6, 6.07) is 6.07. The van der Waals surface area contributed by atoms with Gasteiger partial charge in [-0.05, 0) is 41.9 Å². The number of hydrogen-bond donors (Lipinski definition) is 2. The summed E-state index contributed by atoms with van der Waals surface area (Å²) in [4.78, 5) is 0. The Bertz CT molecular complexity index is 456. The molecule has 1 aromatic rings. The van der Waals surface area contributed by atoms with Gasteiger partial charge in [-0.3, -0.25) is 11.3 Å². The predicted molar refractivity (Wildman–Crippen MR) is 69.8 cm³/mol. The SMILES string of the molecule is CC1(C)CC1C(Cc1ccc(OC(F)(F)F)cc1)NN. The molecule has 1 saturated carbocycles. The van der Waals surface area contributed by atoms with Crippen LogP contribution >= 0.6 is 0 Å². The Hall–Kier alpha value is -1.27. The summed E-state index contributed by atoms with van der Waals surface area (Å²) in [5.41, 5.74) is 4.03. The molecule has 0 saturated heterocycles. The van der Waals surface area contributed by atoms with E-state index in [9.17, 15) is 13.2 Å². The highest BCUT2D eigenvalue weighted by Crippen LogP contribution is 2.53. The van der Waals surface area contributed by atoms with Gasteiger partial charge in [0.25, 0.3) is 0 Å². The number of ether oxygens (including phenoxy) is 1. The number of nitrogens with two attached hydrogens (primary N) is 1. The minimum atomic E-state index is -4.65. The molecule has 6 heteroatoms. The molecule has 0 spiro atoms. The number of hydrogen-bond acceptors (Lipinski definition) is 3. The zero-order valence-corrected chi connectivity index (χ0v) is 11.5. The molecule has 1 aliphatic rings. The molecule has 0 aliphatic heterocycles. The highest BCUT2D eigenvalue weighted by Gasteiger charge is 2.49. The summed E-state index contributed by atoms with van der Waals surface area (Å²) < 4.78 is 40.0. The van der Waals surface area contributed by atoms with E-state index in [1.54, 1.807) is 12.1 Å². The lowest BCUT2D eigenvalue weighted by Gasteiger charge is -2.18. The van der Waals surface area contributed by atoms with Crippen LogP contribution in [-0.2, 0) is 6.42 Å². The normalized spacial score (nSPS) is 22.4. The van der Waals surface area contributed by atoms with Gasteiger partial charge in [0.1, 0.15) is 5.75 Å². The average molecular weight is 288 g/mol. The van der Waals surface area contributed by atoms with Gasteiger partial charge in [0, 0.05) is 6.04 Å². The van der Waals surface area contributed by atoms with Crippen LogP contribution in [0.3, 0.4) is 0 Å². The molecule has 3 nitrogen and oxygen atoms in total. The molecule has 2 atom stereocenters. The van der Waals surface area contributed by atoms with Crippen LogP contribution in [0.2, 0.25) is 0 Å². The Morgan fingerprint density at radius 2 is 1.90 bits per heavy atom. The van der Waals surface area contributed by atoms with E-state index in [-0.39, 0.29) is 17.2 Å². The topological polar surface area (TPSA) is 47.3 Å². The highest BCUT2D eigenvalue weighted by atomic mass is 19.4.